The maximum absolute atomic E-state index is 13.4. The number of ether oxygens (including phenoxy) is 3. The summed E-state index contributed by atoms with van der Waals surface area (Å²) in [5.41, 5.74) is 1.71. The summed E-state index contributed by atoms with van der Waals surface area (Å²) in [5, 5.41) is 1.29. The largest absolute Gasteiger partial charge is 0.493 e. The number of aromatic nitrogens is 4. The quantitative estimate of drug-likeness (QED) is 0.331. The molecule has 11 heteroatoms. The number of methoxy groups -OCH3 is 1. The average molecular weight is 534 g/mol. The van der Waals surface area contributed by atoms with Crippen LogP contribution in [0.5, 0.6) is 11.5 Å². The fourth-order valence-corrected chi connectivity index (χ4v) is 5.17. The molecule has 11 nitrogen and oxygen atoms in total. The van der Waals surface area contributed by atoms with Crippen molar-refractivity contribution in [2.45, 2.75) is 32.7 Å². The van der Waals surface area contributed by atoms with Crippen molar-refractivity contribution in [3.8, 4) is 11.5 Å². The van der Waals surface area contributed by atoms with Crippen LogP contribution in [0.15, 0.2) is 46.2 Å². The lowest BCUT2D eigenvalue weighted by Gasteiger charge is -2.34. The Labute approximate surface area is 224 Å². The maximum atomic E-state index is 13.4. The van der Waals surface area contributed by atoms with E-state index >= 15 is 0 Å². The van der Waals surface area contributed by atoms with Crippen LogP contribution in [0.1, 0.15) is 31.4 Å². The van der Waals surface area contributed by atoms with Crippen molar-refractivity contribution in [2.75, 3.05) is 38.3 Å². The Kier molecular flexibility index (Phi) is 7.23. The monoisotopic (exact) mass is 533 g/mol. The smallest absolute Gasteiger partial charge is 0.344 e. The van der Waals surface area contributed by atoms with Gasteiger partial charge in [-0.05, 0) is 44.9 Å². The lowest BCUT2D eigenvalue weighted by atomic mass is 10.0. The Morgan fingerprint density at radius 3 is 2.54 bits per heavy atom. The molecule has 0 amide bonds. The minimum Gasteiger partial charge on any atom is -0.493 e. The molecule has 1 saturated heterocycles. The zero-order valence-electron chi connectivity index (χ0n) is 22.5. The van der Waals surface area contributed by atoms with Crippen molar-refractivity contribution < 1.29 is 19.0 Å². The molecule has 2 aromatic carbocycles. The minimum absolute atomic E-state index is 0.228. The van der Waals surface area contributed by atoms with Gasteiger partial charge in [0.25, 0.3) is 5.56 Å². The molecule has 4 aromatic rings. The van der Waals surface area contributed by atoms with Crippen LogP contribution in [-0.4, -0.2) is 58.5 Å². The molecule has 0 saturated carbocycles. The molecule has 0 bridgehead atoms. The Morgan fingerprint density at radius 2 is 1.82 bits per heavy atom. The second kappa shape index (κ2) is 10.8. The Morgan fingerprint density at radius 1 is 1.05 bits per heavy atom. The lowest BCUT2D eigenvalue weighted by molar-refractivity contribution is -0.145. The Bertz CT molecular complexity index is 1670. The summed E-state index contributed by atoms with van der Waals surface area (Å²) in [4.78, 5) is 49.5. The van der Waals surface area contributed by atoms with E-state index in [-0.39, 0.29) is 30.5 Å². The molecular formula is C28H31N5O6. The summed E-state index contributed by atoms with van der Waals surface area (Å²) in [7, 11) is 3.22. The molecule has 5 rings (SSSR count). The number of anilines is 1. The van der Waals surface area contributed by atoms with Gasteiger partial charge in [-0.1, -0.05) is 11.6 Å². The molecule has 2 aromatic heterocycles. The third kappa shape index (κ3) is 4.91. The van der Waals surface area contributed by atoms with E-state index in [2.05, 4.69) is 14.9 Å². The van der Waals surface area contributed by atoms with Crippen molar-refractivity contribution in [1.29, 1.82) is 0 Å². The summed E-state index contributed by atoms with van der Waals surface area (Å²) in [6.45, 7) is 4.85. The number of piperidine rings is 1. The highest BCUT2D eigenvalue weighted by Crippen LogP contribution is 2.36. The molecule has 1 aliphatic rings. The summed E-state index contributed by atoms with van der Waals surface area (Å²) in [6.07, 6.45) is 2.69. The molecule has 0 N–H and O–H groups in total. The van der Waals surface area contributed by atoms with Gasteiger partial charge in [0.15, 0.2) is 18.1 Å². The predicted octanol–water partition coefficient (Wildman–Crippen LogP) is 2.74. The predicted molar refractivity (Wildman–Crippen MR) is 147 cm³/mol. The lowest BCUT2D eigenvalue weighted by Crippen LogP contribution is -2.45. The first-order valence-corrected chi connectivity index (χ1v) is 12.9. The van der Waals surface area contributed by atoms with Gasteiger partial charge in [-0.2, -0.15) is 0 Å². The van der Waals surface area contributed by atoms with E-state index in [4.69, 9.17) is 14.2 Å². The van der Waals surface area contributed by atoms with Crippen molar-refractivity contribution in [1.82, 2.24) is 19.1 Å². The molecule has 204 valence electrons. The van der Waals surface area contributed by atoms with Crippen LogP contribution in [0, 0.1) is 6.92 Å². The van der Waals surface area contributed by atoms with E-state index in [1.165, 1.54) is 18.0 Å². The average Bonchev–Trinajstić information content (AvgIpc) is 2.94. The van der Waals surface area contributed by atoms with Crippen LogP contribution in [0.4, 0.5) is 5.82 Å². The van der Waals surface area contributed by atoms with Gasteiger partial charge in [0.05, 0.1) is 30.1 Å². The second-order valence-corrected chi connectivity index (χ2v) is 9.57. The van der Waals surface area contributed by atoms with Crippen molar-refractivity contribution >= 4 is 33.6 Å². The van der Waals surface area contributed by atoms with E-state index in [1.54, 1.807) is 30.7 Å². The molecule has 0 radical (unpaired) electrons. The fourth-order valence-electron chi connectivity index (χ4n) is 5.17. The highest BCUT2D eigenvalue weighted by Gasteiger charge is 2.27. The summed E-state index contributed by atoms with van der Waals surface area (Å²) in [5.74, 6) is 1.05. The number of hydrogen-bond acceptors (Lipinski definition) is 9. The van der Waals surface area contributed by atoms with Gasteiger partial charge in [-0.15, -0.1) is 0 Å². The van der Waals surface area contributed by atoms with Gasteiger partial charge in [-0.3, -0.25) is 13.9 Å². The third-order valence-electron chi connectivity index (χ3n) is 7.14. The van der Waals surface area contributed by atoms with E-state index in [9.17, 15) is 14.4 Å². The highest BCUT2D eigenvalue weighted by atomic mass is 16.6. The van der Waals surface area contributed by atoms with Gasteiger partial charge in [0.1, 0.15) is 12.1 Å². The van der Waals surface area contributed by atoms with Crippen LogP contribution >= 0.6 is 0 Å². The normalized spacial score (nSPS) is 14.1. The first-order valence-electron chi connectivity index (χ1n) is 12.9. The number of benzene rings is 2. The number of carbonyl (C=O) groups is 1. The number of nitrogens with zero attached hydrogens (tertiary/aromatic N) is 5. The number of hydrogen-bond donors (Lipinski definition) is 0. The molecule has 0 atom stereocenters. The van der Waals surface area contributed by atoms with Gasteiger partial charge < -0.3 is 19.1 Å². The highest BCUT2D eigenvalue weighted by molar-refractivity contribution is 5.92. The number of carbonyl (C=O) groups excluding carboxylic acids is 1. The van der Waals surface area contributed by atoms with Gasteiger partial charge in [0.2, 0.25) is 0 Å². The molecule has 0 aliphatic carbocycles. The summed E-state index contributed by atoms with van der Waals surface area (Å²) < 4.78 is 19.1. The topological polar surface area (TPSA) is 118 Å². The van der Waals surface area contributed by atoms with Gasteiger partial charge in [-0.25, -0.2) is 19.6 Å². The maximum Gasteiger partial charge on any atom is 0.344 e. The Balaban J connectivity index is 1.43. The van der Waals surface area contributed by atoms with Gasteiger partial charge >= 0.3 is 11.7 Å². The van der Waals surface area contributed by atoms with E-state index < -0.39 is 5.97 Å². The van der Waals surface area contributed by atoms with Crippen molar-refractivity contribution in [3.05, 3.63) is 63.1 Å². The van der Waals surface area contributed by atoms with Crippen molar-refractivity contribution in [2.24, 2.45) is 7.05 Å². The zero-order valence-corrected chi connectivity index (χ0v) is 22.5. The molecule has 39 heavy (non-hydrogen) atoms. The van der Waals surface area contributed by atoms with Crippen LogP contribution in [0.3, 0.4) is 0 Å². The van der Waals surface area contributed by atoms with Crippen molar-refractivity contribution in [3.63, 3.8) is 0 Å². The number of aryl methyl sites for hydroxylation is 2. The minimum atomic E-state index is -0.475. The first-order chi connectivity index (χ1) is 18.8. The number of esters is 1. The van der Waals surface area contributed by atoms with E-state index in [0.717, 1.165) is 10.9 Å². The van der Waals surface area contributed by atoms with Crippen LogP contribution in [0.2, 0.25) is 0 Å². The SMILES string of the molecule is CCOC(=O)COc1cc2c(N3CCC(n4c(=O)c5cc(C)ccc5n(C)c4=O)CC3)ncnc2cc1OC. The zero-order chi connectivity index (χ0) is 27.7. The molecular weight excluding hydrogens is 502 g/mol. The van der Waals surface area contributed by atoms with E-state index in [0.29, 0.717) is 59.7 Å². The molecule has 1 fully saturated rings. The molecule has 0 unspecified atom stereocenters. The van der Waals surface area contributed by atoms with Gasteiger partial charge in [0, 0.05) is 37.6 Å². The summed E-state index contributed by atoms with van der Waals surface area (Å²) in [6, 6.07) is 8.84. The number of rotatable bonds is 7. The standard InChI is InChI=1S/C28H31N5O6/c1-5-38-25(34)15-39-24-13-19-21(14-23(24)37-4)29-16-30-26(19)32-10-8-18(9-11-32)33-27(35)20-12-17(2)6-7-22(20)31(3)28(33)36/h6-7,12-14,16,18H,5,8-11,15H2,1-4H3. The van der Waals surface area contributed by atoms with Crippen LogP contribution < -0.4 is 25.6 Å². The number of fused-ring (bicyclic) bond motifs is 2. The third-order valence-corrected chi connectivity index (χ3v) is 7.14. The first kappa shape index (κ1) is 26.2. The fraction of sp³-hybridized carbons (Fsp3) is 0.393. The second-order valence-electron chi connectivity index (χ2n) is 9.57. The summed E-state index contributed by atoms with van der Waals surface area (Å²) >= 11 is 0. The molecule has 3 heterocycles. The van der Waals surface area contributed by atoms with Crippen LogP contribution in [0.25, 0.3) is 21.8 Å². The van der Waals surface area contributed by atoms with E-state index in [1.807, 2.05) is 25.1 Å². The van der Waals surface area contributed by atoms with Crippen LogP contribution in [-0.2, 0) is 16.6 Å². The molecule has 0 spiro atoms. The molecule has 1 aliphatic heterocycles. The Hall–Kier alpha value is -4.41.